The molecule has 3 aromatic rings. The number of hydrogen-bond donors (Lipinski definition) is 2. The van der Waals surface area contributed by atoms with Crippen molar-refractivity contribution in [2.45, 2.75) is 4.90 Å². The number of sulfonamides is 1. The first kappa shape index (κ1) is 13.0. The molecule has 0 saturated heterocycles. The van der Waals surface area contributed by atoms with E-state index in [-0.39, 0.29) is 11.7 Å². The van der Waals surface area contributed by atoms with Crippen molar-refractivity contribution in [1.29, 1.82) is 0 Å². The first-order valence-electron chi connectivity index (χ1n) is 6.62. The summed E-state index contributed by atoms with van der Waals surface area (Å²) in [6.07, 6.45) is 1.77. The van der Waals surface area contributed by atoms with Gasteiger partial charge in [-0.1, -0.05) is 6.07 Å². The van der Waals surface area contributed by atoms with Gasteiger partial charge in [-0.2, -0.15) is 0 Å². The van der Waals surface area contributed by atoms with Crippen molar-refractivity contribution in [2.75, 3.05) is 11.5 Å². The van der Waals surface area contributed by atoms with Gasteiger partial charge in [-0.15, -0.1) is 0 Å². The Hall–Kier alpha value is -2.67. The fourth-order valence-electron chi connectivity index (χ4n) is 2.42. The van der Waals surface area contributed by atoms with Crippen molar-refractivity contribution in [3.8, 4) is 11.5 Å². The Labute approximate surface area is 126 Å². The highest BCUT2D eigenvalue weighted by Crippen LogP contribution is 2.34. The van der Waals surface area contributed by atoms with E-state index in [4.69, 9.17) is 9.47 Å². The van der Waals surface area contributed by atoms with Gasteiger partial charge in [0.05, 0.1) is 10.6 Å². The molecule has 2 N–H and O–H groups in total. The van der Waals surface area contributed by atoms with Crippen LogP contribution in [0.15, 0.2) is 53.6 Å². The van der Waals surface area contributed by atoms with Crippen LogP contribution < -0.4 is 14.2 Å². The van der Waals surface area contributed by atoms with E-state index in [0.717, 1.165) is 10.9 Å². The van der Waals surface area contributed by atoms with Crippen LogP contribution in [-0.4, -0.2) is 20.2 Å². The van der Waals surface area contributed by atoms with Gasteiger partial charge in [0.15, 0.2) is 11.5 Å². The second-order valence-corrected chi connectivity index (χ2v) is 6.55. The molecule has 0 amide bonds. The lowest BCUT2D eigenvalue weighted by Crippen LogP contribution is -2.13. The molecular formula is C15H12N2O4S. The van der Waals surface area contributed by atoms with E-state index < -0.39 is 10.0 Å². The molecule has 2 heterocycles. The van der Waals surface area contributed by atoms with E-state index in [1.54, 1.807) is 24.4 Å². The van der Waals surface area contributed by atoms with Crippen molar-refractivity contribution in [3.63, 3.8) is 0 Å². The highest BCUT2D eigenvalue weighted by atomic mass is 32.2. The number of fused-ring (bicyclic) bond motifs is 2. The third kappa shape index (κ3) is 2.06. The predicted octanol–water partition coefficient (Wildman–Crippen LogP) is 2.70. The number of aromatic nitrogens is 1. The molecule has 22 heavy (non-hydrogen) atoms. The molecule has 0 radical (unpaired) electrons. The van der Waals surface area contributed by atoms with Crippen molar-refractivity contribution in [2.24, 2.45) is 0 Å². The van der Waals surface area contributed by atoms with Crippen molar-refractivity contribution >= 4 is 26.6 Å². The summed E-state index contributed by atoms with van der Waals surface area (Å²) in [6.45, 7) is 0.106. The minimum Gasteiger partial charge on any atom is -0.454 e. The normalized spacial score (nSPS) is 13.5. The zero-order valence-corrected chi connectivity index (χ0v) is 12.2. The van der Waals surface area contributed by atoms with E-state index >= 15 is 0 Å². The standard InChI is InChI=1S/C15H12N2O4S/c18-22(19,10-4-5-14-15(8-10)21-9-20-14)17-13-3-1-2-12-11(13)6-7-16-12/h1-8,16-17H,9H2. The van der Waals surface area contributed by atoms with Gasteiger partial charge in [0, 0.05) is 23.2 Å². The maximum Gasteiger partial charge on any atom is 0.262 e. The van der Waals surface area contributed by atoms with Crippen molar-refractivity contribution < 1.29 is 17.9 Å². The van der Waals surface area contributed by atoms with Crippen LogP contribution >= 0.6 is 0 Å². The largest absolute Gasteiger partial charge is 0.454 e. The van der Waals surface area contributed by atoms with Crippen molar-refractivity contribution in [1.82, 2.24) is 4.98 Å². The van der Waals surface area contributed by atoms with Crippen LogP contribution in [0.3, 0.4) is 0 Å². The first-order valence-corrected chi connectivity index (χ1v) is 8.10. The number of H-pyrrole nitrogens is 1. The predicted molar refractivity (Wildman–Crippen MR) is 81.7 cm³/mol. The van der Waals surface area contributed by atoms with Crippen LogP contribution in [-0.2, 0) is 10.0 Å². The molecule has 2 aromatic carbocycles. The van der Waals surface area contributed by atoms with Gasteiger partial charge in [0.2, 0.25) is 6.79 Å². The maximum absolute atomic E-state index is 12.5. The Kier molecular flexibility index (Phi) is 2.77. The minimum absolute atomic E-state index is 0.106. The Morgan fingerprint density at radius 1 is 1.05 bits per heavy atom. The first-order chi connectivity index (χ1) is 10.6. The topological polar surface area (TPSA) is 80.4 Å². The molecule has 0 unspecified atom stereocenters. The summed E-state index contributed by atoms with van der Waals surface area (Å²) in [7, 11) is -3.70. The Bertz CT molecular complexity index is 963. The second kappa shape index (κ2) is 4.67. The average molecular weight is 316 g/mol. The van der Waals surface area contributed by atoms with Crippen molar-refractivity contribution in [3.05, 3.63) is 48.7 Å². The third-order valence-corrected chi connectivity index (χ3v) is 4.86. The van der Waals surface area contributed by atoms with E-state index in [1.165, 1.54) is 12.1 Å². The molecule has 6 nitrogen and oxygen atoms in total. The molecule has 0 aliphatic carbocycles. The molecule has 4 rings (SSSR count). The Balaban J connectivity index is 1.74. The molecule has 1 aliphatic rings. The summed E-state index contributed by atoms with van der Waals surface area (Å²) in [6, 6.07) is 11.8. The lowest BCUT2D eigenvalue weighted by atomic mass is 10.2. The molecule has 1 aliphatic heterocycles. The fourth-order valence-corrected chi connectivity index (χ4v) is 3.52. The summed E-state index contributed by atoms with van der Waals surface area (Å²) < 4.78 is 38.1. The molecule has 0 fully saturated rings. The number of ether oxygens (including phenoxy) is 2. The maximum atomic E-state index is 12.5. The molecular weight excluding hydrogens is 304 g/mol. The number of anilines is 1. The van der Waals surface area contributed by atoms with Crippen LogP contribution in [0.2, 0.25) is 0 Å². The van der Waals surface area contributed by atoms with Gasteiger partial charge >= 0.3 is 0 Å². The summed E-state index contributed by atoms with van der Waals surface area (Å²) in [5.41, 5.74) is 1.39. The van der Waals surface area contributed by atoms with Crippen LogP contribution in [0.1, 0.15) is 0 Å². The van der Waals surface area contributed by atoms with E-state index in [1.807, 2.05) is 12.1 Å². The van der Waals surface area contributed by atoms with Gasteiger partial charge < -0.3 is 14.5 Å². The fraction of sp³-hybridized carbons (Fsp3) is 0.0667. The molecule has 1 aromatic heterocycles. The van der Waals surface area contributed by atoms with Crippen LogP contribution in [0.5, 0.6) is 11.5 Å². The Morgan fingerprint density at radius 3 is 2.82 bits per heavy atom. The number of hydrogen-bond acceptors (Lipinski definition) is 4. The Morgan fingerprint density at radius 2 is 1.91 bits per heavy atom. The number of rotatable bonds is 3. The summed E-state index contributed by atoms with van der Waals surface area (Å²) in [5, 5.41) is 0.812. The summed E-state index contributed by atoms with van der Waals surface area (Å²) in [4.78, 5) is 3.18. The molecule has 7 heteroatoms. The second-order valence-electron chi connectivity index (χ2n) is 4.87. The zero-order chi connectivity index (χ0) is 15.2. The van der Waals surface area contributed by atoms with Gasteiger partial charge in [0.25, 0.3) is 10.0 Å². The smallest absolute Gasteiger partial charge is 0.262 e. The quantitative estimate of drug-likeness (QED) is 0.778. The summed E-state index contributed by atoms with van der Waals surface area (Å²) in [5.74, 6) is 0.981. The molecule has 0 saturated carbocycles. The van der Waals surface area contributed by atoms with Crippen LogP contribution in [0.4, 0.5) is 5.69 Å². The van der Waals surface area contributed by atoms with Crippen LogP contribution in [0.25, 0.3) is 10.9 Å². The van der Waals surface area contributed by atoms with Gasteiger partial charge in [-0.25, -0.2) is 8.42 Å². The van der Waals surface area contributed by atoms with E-state index in [2.05, 4.69) is 9.71 Å². The van der Waals surface area contributed by atoms with Gasteiger partial charge in [0.1, 0.15) is 0 Å². The number of benzene rings is 2. The average Bonchev–Trinajstić information content (AvgIpc) is 3.15. The lowest BCUT2D eigenvalue weighted by Gasteiger charge is -2.09. The zero-order valence-electron chi connectivity index (χ0n) is 11.4. The number of aromatic amines is 1. The lowest BCUT2D eigenvalue weighted by molar-refractivity contribution is 0.174. The monoisotopic (exact) mass is 316 g/mol. The highest BCUT2D eigenvalue weighted by Gasteiger charge is 2.21. The highest BCUT2D eigenvalue weighted by molar-refractivity contribution is 7.92. The third-order valence-electron chi connectivity index (χ3n) is 3.49. The SMILES string of the molecule is O=S(=O)(Nc1cccc2[nH]ccc12)c1ccc2c(c1)OCO2. The van der Waals surface area contributed by atoms with Gasteiger partial charge in [-0.05, 0) is 30.3 Å². The summed E-state index contributed by atoms with van der Waals surface area (Å²) >= 11 is 0. The van der Waals surface area contributed by atoms with E-state index in [9.17, 15) is 8.42 Å². The van der Waals surface area contributed by atoms with Crippen LogP contribution in [0, 0.1) is 0 Å². The number of nitrogens with one attached hydrogen (secondary N) is 2. The minimum atomic E-state index is -3.70. The molecule has 0 atom stereocenters. The molecule has 0 bridgehead atoms. The van der Waals surface area contributed by atoms with Gasteiger partial charge in [-0.3, -0.25) is 4.72 Å². The molecule has 0 spiro atoms. The molecule has 112 valence electrons. The van der Waals surface area contributed by atoms with E-state index in [0.29, 0.717) is 17.2 Å².